The average Bonchev–Trinajstić information content (AvgIpc) is 2.49. The third kappa shape index (κ3) is 10.1. The van der Waals surface area contributed by atoms with Crippen molar-refractivity contribution in [2.24, 2.45) is 0 Å². The van der Waals surface area contributed by atoms with E-state index in [2.05, 4.69) is 0 Å². The zero-order valence-electron chi connectivity index (χ0n) is 11.4. The van der Waals surface area contributed by atoms with E-state index in [9.17, 15) is 14.4 Å². The number of aliphatic hydroxyl groups is 6. The van der Waals surface area contributed by atoms with Crippen LogP contribution in [0.25, 0.3) is 0 Å². The highest BCUT2D eigenvalue weighted by Crippen LogP contribution is 2.04. The van der Waals surface area contributed by atoms with E-state index >= 15 is 0 Å². The Morgan fingerprint density at radius 3 is 1.32 bits per heavy atom. The summed E-state index contributed by atoms with van der Waals surface area (Å²) in [5.41, 5.74) is 0. The molecule has 4 unspecified atom stereocenters. The Hall–Kier alpha value is -1.63. The number of aliphatic hydroxyl groups excluding tert-OH is 6. The lowest BCUT2D eigenvalue weighted by molar-refractivity contribution is -0.149. The summed E-state index contributed by atoms with van der Waals surface area (Å²) in [6.07, 6.45) is -7.26. The number of Topliss-reactive ketones (excluding diaryl/α,β-unsaturated/α-hetero) is 1. The molecule has 130 valence electrons. The summed E-state index contributed by atoms with van der Waals surface area (Å²) >= 11 is 0. The van der Waals surface area contributed by atoms with Gasteiger partial charge in [-0.2, -0.15) is 0 Å². The molecular formula is C11H20O11. The molecule has 11 nitrogen and oxygen atoms in total. The van der Waals surface area contributed by atoms with Gasteiger partial charge in [0, 0.05) is 6.42 Å². The first kappa shape index (κ1) is 22.6. The molecule has 0 aliphatic rings. The van der Waals surface area contributed by atoms with E-state index in [1.54, 1.807) is 0 Å². The minimum Gasteiger partial charge on any atom is -0.481 e. The predicted molar refractivity (Wildman–Crippen MR) is 67.7 cm³/mol. The lowest BCUT2D eigenvalue weighted by Gasteiger charge is -2.24. The van der Waals surface area contributed by atoms with Crippen LogP contribution in [-0.2, 0) is 14.4 Å². The van der Waals surface area contributed by atoms with Crippen LogP contribution in [0.3, 0.4) is 0 Å². The summed E-state index contributed by atoms with van der Waals surface area (Å²) < 4.78 is 0. The third-order valence-electron chi connectivity index (χ3n) is 2.32. The molecule has 0 saturated carbocycles. The topological polar surface area (TPSA) is 213 Å². The number of carbonyl (C=O) groups excluding carboxylic acids is 1. The fraction of sp³-hybridized carbons (Fsp3) is 0.727. The van der Waals surface area contributed by atoms with Gasteiger partial charge in [-0.3, -0.25) is 9.59 Å². The first-order chi connectivity index (χ1) is 10.1. The van der Waals surface area contributed by atoms with E-state index in [1.165, 1.54) is 0 Å². The quantitative estimate of drug-likeness (QED) is 0.190. The molecular weight excluding hydrogens is 308 g/mol. The Bertz CT molecular complexity index is 342. The van der Waals surface area contributed by atoms with Crippen LogP contribution in [0.4, 0.5) is 0 Å². The van der Waals surface area contributed by atoms with E-state index in [-0.39, 0.29) is 0 Å². The van der Waals surface area contributed by atoms with Crippen LogP contribution in [0.15, 0.2) is 0 Å². The number of aliphatic carboxylic acids is 2. The van der Waals surface area contributed by atoms with E-state index in [1.807, 2.05) is 0 Å². The molecule has 22 heavy (non-hydrogen) atoms. The van der Waals surface area contributed by atoms with E-state index in [0.717, 1.165) is 0 Å². The summed E-state index contributed by atoms with van der Waals surface area (Å²) in [6, 6.07) is 0. The maximum atomic E-state index is 10.2. The van der Waals surface area contributed by atoms with Gasteiger partial charge in [0.25, 0.3) is 0 Å². The van der Waals surface area contributed by atoms with Crippen LogP contribution >= 0.6 is 0 Å². The first-order valence-corrected chi connectivity index (χ1v) is 6.00. The van der Waals surface area contributed by atoms with Crippen LogP contribution in [0, 0.1) is 0 Å². The van der Waals surface area contributed by atoms with Crippen LogP contribution in [-0.4, -0.2) is 96.2 Å². The maximum absolute atomic E-state index is 10.2. The van der Waals surface area contributed by atoms with Gasteiger partial charge in [-0.05, 0) is 0 Å². The van der Waals surface area contributed by atoms with Crippen molar-refractivity contribution >= 4 is 17.7 Å². The Balaban J connectivity index is 0. The molecule has 0 amide bonds. The monoisotopic (exact) mass is 328 g/mol. The number of carboxylic acid groups (broad SMARTS) is 2. The van der Waals surface area contributed by atoms with E-state index < -0.39 is 68.2 Å². The highest BCUT2D eigenvalue weighted by molar-refractivity contribution is 6.32. The van der Waals surface area contributed by atoms with Crippen LogP contribution in [0.5, 0.6) is 0 Å². The number of hydrogen-bond acceptors (Lipinski definition) is 9. The van der Waals surface area contributed by atoms with E-state index in [4.69, 9.17) is 40.9 Å². The predicted octanol–water partition coefficient (Wildman–Crippen LogP) is -4.08. The van der Waals surface area contributed by atoms with Crippen LogP contribution < -0.4 is 0 Å². The van der Waals surface area contributed by atoms with Gasteiger partial charge in [-0.1, -0.05) is 0 Å². The van der Waals surface area contributed by atoms with Gasteiger partial charge in [-0.25, -0.2) is 4.79 Å². The smallest absolute Gasteiger partial charge is 0.372 e. The zero-order valence-corrected chi connectivity index (χ0v) is 11.4. The molecule has 0 aromatic heterocycles. The van der Waals surface area contributed by atoms with Crippen molar-refractivity contribution in [1.82, 2.24) is 0 Å². The largest absolute Gasteiger partial charge is 0.481 e. The molecule has 0 aromatic rings. The molecule has 4 atom stereocenters. The molecule has 0 heterocycles. The number of rotatable bonds is 9. The Labute approximate surface area is 124 Å². The molecule has 0 rings (SSSR count). The SMILES string of the molecule is O=C(O)CCC(=O)C(=O)O.OCC(O)C(O)C(O)C(O)CO. The van der Waals surface area contributed by atoms with E-state index in [0.29, 0.717) is 0 Å². The summed E-state index contributed by atoms with van der Waals surface area (Å²) in [7, 11) is 0. The Kier molecular flexibility index (Phi) is 12.3. The summed E-state index contributed by atoms with van der Waals surface area (Å²) in [5.74, 6) is -3.82. The first-order valence-electron chi connectivity index (χ1n) is 6.00. The standard InChI is InChI=1S/C6H14O6.C5H6O5/c7-1-3(9)5(11)6(12)4(10)2-8;6-3(5(9)10)1-2-4(7)8/h3-12H,1-2H2;1-2H2,(H,7,8)(H,9,10). The molecule has 0 aliphatic heterocycles. The molecule has 0 aliphatic carbocycles. The van der Waals surface area contributed by atoms with Crippen LogP contribution in [0.1, 0.15) is 12.8 Å². The van der Waals surface area contributed by atoms with Gasteiger partial charge in [0.05, 0.1) is 19.6 Å². The molecule has 0 fully saturated rings. The molecule has 11 heteroatoms. The highest BCUT2D eigenvalue weighted by atomic mass is 16.4. The highest BCUT2D eigenvalue weighted by Gasteiger charge is 2.29. The zero-order chi connectivity index (χ0) is 17.9. The van der Waals surface area contributed by atoms with Gasteiger partial charge in [0.1, 0.15) is 24.4 Å². The molecule has 8 N–H and O–H groups in total. The number of ketones is 1. The van der Waals surface area contributed by atoms with Gasteiger partial charge in [-0.15, -0.1) is 0 Å². The molecule has 0 spiro atoms. The van der Waals surface area contributed by atoms with Crippen molar-refractivity contribution in [3.8, 4) is 0 Å². The number of carbonyl (C=O) groups is 3. The molecule has 0 aromatic carbocycles. The third-order valence-corrected chi connectivity index (χ3v) is 2.32. The average molecular weight is 328 g/mol. The number of carboxylic acids is 2. The number of hydrogen-bond donors (Lipinski definition) is 8. The maximum Gasteiger partial charge on any atom is 0.372 e. The summed E-state index contributed by atoms with van der Waals surface area (Å²) in [5, 5.41) is 68.1. The Morgan fingerprint density at radius 1 is 0.727 bits per heavy atom. The lowest BCUT2D eigenvalue weighted by atomic mass is 10.0. The van der Waals surface area contributed by atoms with Crippen molar-refractivity contribution in [2.75, 3.05) is 13.2 Å². The second-order valence-electron chi connectivity index (χ2n) is 4.10. The fourth-order valence-corrected chi connectivity index (χ4v) is 0.999. The van der Waals surface area contributed by atoms with Gasteiger partial charge < -0.3 is 40.9 Å². The summed E-state index contributed by atoms with van der Waals surface area (Å²) in [6.45, 7) is -1.45. The van der Waals surface area contributed by atoms with Crippen molar-refractivity contribution in [2.45, 2.75) is 37.3 Å². The van der Waals surface area contributed by atoms with Crippen molar-refractivity contribution in [1.29, 1.82) is 0 Å². The Morgan fingerprint density at radius 2 is 1.09 bits per heavy atom. The van der Waals surface area contributed by atoms with Crippen molar-refractivity contribution < 1.29 is 55.2 Å². The minimum atomic E-state index is -1.67. The van der Waals surface area contributed by atoms with Gasteiger partial charge in [0.2, 0.25) is 5.78 Å². The van der Waals surface area contributed by atoms with Crippen LogP contribution in [0.2, 0.25) is 0 Å². The minimum absolute atomic E-state index is 0.425. The van der Waals surface area contributed by atoms with Crippen molar-refractivity contribution in [3.05, 3.63) is 0 Å². The lowest BCUT2D eigenvalue weighted by Crippen LogP contribution is -2.46. The second kappa shape index (κ2) is 12.0. The summed E-state index contributed by atoms with van der Waals surface area (Å²) in [4.78, 5) is 29.7. The molecule has 0 bridgehead atoms. The fourth-order valence-electron chi connectivity index (χ4n) is 0.999. The molecule has 0 saturated heterocycles. The molecule has 0 radical (unpaired) electrons. The second-order valence-corrected chi connectivity index (χ2v) is 4.10. The van der Waals surface area contributed by atoms with Crippen molar-refractivity contribution in [3.63, 3.8) is 0 Å². The van der Waals surface area contributed by atoms with Gasteiger partial charge >= 0.3 is 11.9 Å². The van der Waals surface area contributed by atoms with Gasteiger partial charge in [0.15, 0.2) is 0 Å². The normalized spacial score (nSPS) is 15.7.